The van der Waals surface area contributed by atoms with Crippen LogP contribution in [0.1, 0.15) is 0 Å². The molecule has 0 spiro atoms. The summed E-state index contributed by atoms with van der Waals surface area (Å²) in [7, 11) is 0. The van der Waals surface area contributed by atoms with Crippen LogP contribution in [-0.2, 0) is 11.3 Å². The molecule has 0 saturated heterocycles. The van der Waals surface area contributed by atoms with Crippen molar-refractivity contribution in [1.29, 1.82) is 0 Å². The monoisotopic (exact) mass is 305 g/mol. The number of hydrogen-bond acceptors (Lipinski definition) is 3. The molecule has 2 aromatic carbocycles. The van der Waals surface area contributed by atoms with Crippen LogP contribution in [0.25, 0.3) is 11.1 Å². The van der Waals surface area contributed by atoms with Gasteiger partial charge in [-0.3, -0.25) is 9.59 Å². The molecule has 0 saturated carbocycles. The minimum Gasteiger partial charge on any atom is -0.324 e. The van der Waals surface area contributed by atoms with Crippen molar-refractivity contribution in [2.75, 3.05) is 5.32 Å². The molecular formula is C18H15N3O2. The summed E-state index contributed by atoms with van der Waals surface area (Å²) in [6.07, 6.45) is 1.48. The first-order chi connectivity index (χ1) is 11.2. The van der Waals surface area contributed by atoms with Crippen LogP contribution in [0, 0.1) is 0 Å². The molecule has 0 unspecified atom stereocenters. The van der Waals surface area contributed by atoms with Gasteiger partial charge in [-0.05, 0) is 17.7 Å². The summed E-state index contributed by atoms with van der Waals surface area (Å²) in [4.78, 5) is 23.8. The first-order valence-corrected chi connectivity index (χ1v) is 7.20. The predicted octanol–water partition coefficient (Wildman–Crippen LogP) is 2.55. The molecule has 0 fully saturated rings. The molecule has 0 aliphatic carbocycles. The minimum absolute atomic E-state index is 0.122. The molecule has 0 radical (unpaired) electrons. The fraction of sp³-hybridized carbons (Fsp3) is 0.0556. The van der Waals surface area contributed by atoms with E-state index in [1.54, 1.807) is 6.07 Å². The normalized spacial score (nSPS) is 10.3. The zero-order chi connectivity index (χ0) is 16.1. The van der Waals surface area contributed by atoms with Gasteiger partial charge in [0.15, 0.2) is 0 Å². The Balaban J connectivity index is 1.82. The molecule has 1 N–H and O–H groups in total. The standard InChI is InChI=1S/C18H15N3O2/c22-17(13-21-18(23)11-6-12-19-21)20-16-10-5-4-9-15(16)14-7-2-1-3-8-14/h1-12H,13H2,(H,20,22). The number of para-hydroxylation sites is 1. The number of anilines is 1. The third-order valence-electron chi connectivity index (χ3n) is 3.36. The number of carbonyl (C=O) groups excluding carboxylic acids is 1. The summed E-state index contributed by atoms with van der Waals surface area (Å²) >= 11 is 0. The van der Waals surface area contributed by atoms with E-state index in [1.807, 2.05) is 54.6 Å². The average Bonchev–Trinajstić information content (AvgIpc) is 2.58. The van der Waals surface area contributed by atoms with Gasteiger partial charge >= 0.3 is 0 Å². The number of rotatable bonds is 4. The summed E-state index contributed by atoms with van der Waals surface area (Å²) in [5.41, 5.74) is 2.33. The topological polar surface area (TPSA) is 64.0 Å². The number of nitrogens with one attached hydrogen (secondary N) is 1. The van der Waals surface area contributed by atoms with Crippen molar-refractivity contribution in [3.05, 3.63) is 83.3 Å². The van der Waals surface area contributed by atoms with Crippen LogP contribution in [0.4, 0.5) is 5.69 Å². The number of hydrogen-bond donors (Lipinski definition) is 1. The highest BCUT2D eigenvalue weighted by Gasteiger charge is 2.09. The van der Waals surface area contributed by atoms with E-state index in [9.17, 15) is 9.59 Å². The van der Waals surface area contributed by atoms with Crippen LogP contribution >= 0.6 is 0 Å². The minimum atomic E-state index is -0.306. The SMILES string of the molecule is O=C(Cn1ncccc1=O)Nc1ccccc1-c1ccccc1. The Bertz CT molecular complexity index is 872. The van der Waals surface area contributed by atoms with E-state index in [0.717, 1.165) is 15.8 Å². The molecule has 3 rings (SSSR count). The van der Waals surface area contributed by atoms with Gasteiger partial charge in [0.2, 0.25) is 5.91 Å². The van der Waals surface area contributed by atoms with Gasteiger partial charge < -0.3 is 5.32 Å². The maximum atomic E-state index is 12.2. The third kappa shape index (κ3) is 3.52. The van der Waals surface area contributed by atoms with Crippen LogP contribution in [-0.4, -0.2) is 15.7 Å². The van der Waals surface area contributed by atoms with Gasteiger partial charge in [-0.1, -0.05) is 48.5 Å². The van der Waals surface area contributed by atoms with Crippen LogP contribution in [0.5, 0.6) is 0 Å². The Kier molecular flexibility index (Phi) is 4.29. The molecule has 114 valence electrons. The zero-order valence-electron chi connectivity index (χ0n) is 12.3. The molecule has 1 heterocycles. The third-order valence-corrected chi connectivity index (χ3v) is 3.36. The van der Waals surface area contributed by atoms with Crippen LogP contribution in [0.3, 0.4) is 0 Å². The number of benzene rings is 2. The van der Waals surface area contributed by atoms with Gasteiger partial charge in [0, 0.05) is 23.5 Å². The van der Waals surface area contributed by atoms with E-state index in [4.69, 9.17) is 0 Å². The highest BCUT2D eigenvalue weighted by molar-refractivity contribution is 5.95. The van der Waals surface area contributed by atoms with Crippen molar-refractivity contribution in [3.63, 3.8) is 0 Å². The van der Waals surface area contributed by atoms with Gasteiger partial charge in [0.25, 0.3) is 5.56 Å². The summed E-state index contributed by atoms with van der Waals surface area (Å²) in [5.74, 6) is -0.297. The smallest absolute Gasteiger partial charge is 0.267 e. The number of amides is 1. The maximum absolute atomic E-state index is 12.2. The molecule has 1 amide bonds. The molecule has 5 nitrogen and oxygen atoms in total. The van der Waals surface area contributed by atoms with Crippen LogP contribution in [0.15, 0.2) is 77.7 Å². The van der Waals surface area contributed by atoms with E-state index in [2.05, 4.69) is 10.4 Å². The quantitative estimate of drug-likeness (QED) is 0.805. The lowest BCUT2D eigenvalue weighted by Crippen LogP contribution is -2.28. The molecule has 0 aliphatic rings. The summed E-state index contributed by atoms with van der Waals surface area (Å²) < 4.78 is 1.13. The molecule has 3 aromatic rings. The Morgan fingerprint density at radius 1 is 0.957 bits per heavy atom. The van der Waals surface area contributed by atoms with Crippen molar-refractivity contribution in [3.8, 4) is 11.1 Å². The van der Waals surface area contributed by atoms with E-state index in [1.165, 1.54) is 12.3 Å². The van der Waals surface area contributed by atoms with Crippen LogP contribution < -0.4 is 10.9 Å². The summed E-state index contributed by atoms with van der Waals surface area (Å²) in [6.45, 7) is -0.122. The Morgan fingerprint density at radius 2 is 1.70 bits per heavy atom. The highest BCUT2D eigenvalue weighted by Crippen LogP contribution is 2.27. The lowest BCUT2D eigenvalue weighted by molar-refractivity contribution is -0.117. The van der Waals surface area contributed by atoms with Crippen molar-refractivity contribution >= 4 is 11.6 Å². The Hall–Kier alpha value is -3.21. The number of carbonyl (C=O) groups is 1. The predicted molar refractivity (Wildman–Crippen MR) is 89.0 cm³/mol. The molecule has 1 aromatic heterocycles. The highest BCUT2D eigenvalue weighted by atomic mass is 16.2. The molecular weight excluding hydrogens is 290 g/mol. The fourth-order valence-corrected chi connectivity index (χ4v) is 2.29. The van der Waals surface area contributed by atoms with Crippen molar-refractivity contribution in [1.82, 2.24) is 9.78 Å². The van der Waals surface area contributed by atoms with Gasteiger partial charge in [0.05, 0.1) is 0 Å². The Morgan fingerprint density at radius 3 is 2.48 bits per heavy atom. The summed E-state index contributed by atoms with van der Waals surface area (Å²) in [6, 6.07) is 20.3. The molecule has 23 heavy (non-hydrogen) atoms. The first-order valence-electron chi connectivity index (χ1n) is 7.20. The van der Waals surface area contributed by atoms with Gasteiger partial charge in [-0.2, -0.15) is 5.10 Å². The van der Waals surface area contributed by atoms with E-state index >= 15 is 0 Å². The Labute approximate surface area is 133 Å². The maximum Gasteiger partial charge on any atom is 0.267 e. The molecule has 0 atom stereocenters. The average molecular weight is 305 g/mol. The van der Waals surface area contributed by atoms with Gasteiger partial charge in [-0.25, -0.2) is 4.68 Å². The summed E-state index contributed by atoms with van der Waals surface area (Å²) in [5, 5.41) is 6.73. The second kappa shape index (κ2) is 6.70. The lowest BCUT2D eigenvalue weighted by Gasteiger charge is -2.11. The van der Waals surface area contributed by atoms with E-state index in [0.29, 0.717) is 5.69 Å². The van der Waals surface area contributed by atoms with Crippen molar-refractivity contribution in [2.24, 2.45) is 0 Å². The first kappa shape index (κ1) is 14.7. The van der Waals surface area contributed by atoms with Crippen molar-refractivity contribution < 1.29 is 4.79 Å². The van der Waals surface area contributed by atoms with Gasteiger partial charge in [-0.15, -0.1) is 0 Å². The van der Waals surface area contributed by atoms with E-state index in [-0.39, 0.29) is 18.0 Å². The van der Waals surface area contributed by atoms with E-state index < -0.39 is 0 Å². The molecule has 0 bridgehead atoms. The molecule has 0 aliphatic heterocycles. The van der Waals surface area contributed by atoms with Gasteiger partial charge in [0.1, 0.15) is 6.54 Å². The van der Waals surface area contributed by atoms with Crippen molar-refractivity contribution in [2.45, 2.75) is 6.54 Å². The lowest BCUT2D eigenvalue weighted by atomic mass is 10.0. The number of nitrogens with zero attached hydrogens (tertiary/aromatic N) is 2. The second-order valence-corrected chi connectivity index (χ2v) is 4.98. The number of aromatic nitrogens is 2. The largest absolute Gasteiger partial charge is 0.324 e. The fourth-order valence-electron chi connectivity index (χ4n) is 2.29. The zero-order valence-corrected chi connectivity index (χ0v) is 12.3. The second-order valence-electron chi connectivity index (χ2n) is 4.98. The van der Waals surface area contributed by atoms with Crippen LogP contribution in [0.2, 0.25) is 0 Å². The molecule has 5 heteroatoms.